The summed E-state index contributed by atoms with van der Waals surface area (Å²) in [5.74, 6) is -0.368. The van der Waals surface area contributed by atoms with Crippen LogP contribution in [0, 0.1) is 11.6 Å². The van der Waals surface area contributed by atoms with Crippen molar-refractivity contribution in [2.75, 3.05) is 42.6 Å². The van der Waals surface area contributed by atoms with E-state index in [1.54, 1.807) is 11.3 Å². The van der Waals surface area contributed by atoms with Gasteiger partial charge in [-0.25, -0.2) is 18.7 Å². The topological polar surface area (TPSA) is 41.5 Å². The van der Waals surface area contributed by atoms with Crippen LogP contribution in [0.25, 0.3) is 20.4 Å². The van der Waals surface area contributed by atoms with Gasteiger partial charge >= 0.3 is 0 Å². The Balaban J connectivity index is 1.35. The molecule has 0 amide bonds. The summed E-state index contributed by atoms with van der Waals surface area (Å²) < 4.78 is 34.8. The number of benzene rings is 2. The fourth-order valence-electron chi connectivity index (χ4n) is 3.49. The van der Waals surface area contributed by atoms with E-state index >= 15 is 0 Å². The van der Waals surface area contributed by atoms with Crippen LogP contribution in [-0.2, 0) is 0 Å². The Morgan fingerprint density at radius 1 is 0.931 bits per heavy atom. The smallest absolute Gasteiger partial charge is 0.186 e. The molecular formula is C20H18F2N4OS2. The lowest BCUT2D eigenvalue weighted by Gasteiger charge is -2.34. The third-order valence-corrected chi connectivity index (χ3v) is 7.04. The first-order chi connectivity index (χ1) is 14.1. The number of ether oxygens (including phenoxy) is 1. The molecule has 4 aromatic rings. The van der Waals surface area contributed by atoms with E-state index in [1.165, 1.54) is 17.4 Å². The molecule has 5 rings (SSSR count). The van der Waals surface area contributed by atoms with Crippen molar-refractivity contribution in [3.63, 3.8) is 0 Å². The molecule has 9 heteroatoms. The van der Waals surface area contributed by atoms with Gasteiger partial charge in [-0.3, -0.25) is 0 Å². The minimum atomic E-state index is -0.610. The van der Waals surface area contributed by atoms with Gasteiger partial charge in [-0.1, -0.05) is 28.7 Å². The van der Waals surface area contributed by atoms with Crippen molar-refractivity contribution >= 4 is 53.4 Å². The second kappa shape index (κ2) is 7.38. The fourth-order valence-corrected chi connectivity index (χ4v) is 5.58. The third kappa shape index (κ3) is 3.38. The van der Waals surface area contributed by atoms with Crippen molar-refractivity contribution in [1.29, 1.82) is 0 Å². The van der Waals surface area contributed by atoms with Gasteiger partial charge < -0.3 is 14.5 Å². The molecule has 0 unspecified atom stereocenters. The highest BCUT2D eigenvalue weighted by molar-refractivity contribution is 7.22. The van der Waals surface area contributed by atoms with E-state index in [-0.39, 0.29) is 5.52 Å². The van der Waals surface area contributed by atoms with Crippen LogP contribution in [0.5, 0.6) is 5.75 Å². The molecule has 1 aliphatic rings. The van der Waals surface area contributed by atoms with Crippen LogP contribution in [-0.4, -0.2) is 42.8 Å². The van der Waals surface area contributed by atoms with Crippen LogP contribution in [0.1, 0.15) is 6.92 Å². The molecule has 0 N–H and O–H groups in total. The third-order valence-electron chi connectivity index (χ3n) is 4.89. The minimum Gasteiger partial charge on any atom is -0.492 e. The van der Waals surface area contributed by atoms with Crippen molar-refractivity contribution in [3.05, 3.63) is 42.0 Å². The van der Waals surface area contributed by atoms with Gasteiger partial charge in [-0.15, -0.1) is 0 Å². The second-order valence-corrected chi connectivity index (χ2v) is 8.76. The van der Waals surface area contributed by atoms with Crippen LogP contribution in [0.3, 0.4) is 0 Å². The first-order valence-electron chi connectivity index (χ1n) is 9.40. The maximum atomic E-state index is 14.0. The number of nitrogens with zero attached hydrogens (tertiary/aromatic N) is 4. The van der Waals surface area contributed by atoms with Crippen LogP contribution in [0.15, 0.2) is 30.3 Å². The van der Waals surface area contributed by atoms with Crippen LogP contribution < -0.4 is 14.5 Å². The zero-order valence-corrected chi connectivity index (χ0v) is 17.3. The van der Waals surface area contributed by atoms with E-state index in [0.29, 0.717) is 11.3 Å². The van der Waals surface area contributed by atoms with Gasteiger partial charge in [0.05, 0.1) is 16.0 Å². The van der Waals surface area contributed by atoms with Crippen molar-refractivity contribution in [1.82, 2.24) is 9.97 Å². The van der Waals surface area contributed by atoms with E-state index in [9.17, 15) is 8.78 Å². The first kappa shape index (κ1) is 18.5. The highest BCUT2D eigenvalue weighted by Crippen LogP contribution is 2.36. The molecule has 3 heterocycles. The van der Waals surface area contributed by atoms with E-state index in [0.717, 1.165) is 58.5 Å². The zero-order valence-electron chi connectivity index (χ0n) is 15.7. The van der Waals surface area contributed by atoms with Crippen LogP contribution >= 0.6 is 22.7 Å². The van der Waals surface area contributed by atoms with Crippen molar-refractivity contribution < 1.29 is 13.5 Å². The number of hydrogen-bond acceptors (Lipinski definition) is 7. The summed E-state index contributed by atoms with van der Waals surface area (Å²) in [5.41, 5.74) is 1.14. The normalized spacial score (nSPS) is 14.9. The number of hydrogen-bond donors (Lipinski definition) is 0. The van der Waals surface area contributed by atoms with Gasteiger partial charge in [-0.2, -0.15) is 0 Å². The van der Waals surface area contributed by atoms with E-state index < -0.39 is 11.6 Å². The van der Waals surface area contributed by atoms with Gasteiger partial charge in [0.1, 0.15) is 22.6 Å². The molecule has 150 valence electrons. The lowest BCUT2D eigenvalue weighted by Crippen LogP contribution is -2.46. The Bertz CT molecular complexity index is 1180. The average Bonchev–Trinajstić information content (AvgIpc) is 3.33. The summed E-state index contributed by atoms with van der Waals surface area (Å²) >= 11 is 2.99. The molecule has 1 aliphatic heterocycles. The lowest BCUT2D eigenvalue weighted by molar-refractivity contribution is 0.344. The molecule has 1 fully saturated rings. The van der Waals surface area contributed by atoms with Gasteiger partial charge in [0.15, 0.2) is 16.1 Å². The molecular weight excluding hydrogens is 414 g/mol. The number of piperazine rings is 1. The summed E-state index contributed by atoms with van der Waals surface area (Å²) in [6, 6.07) is 8.22. The Labute approximate surface area is 174 Å². The fraction of sp³-hybridized carbons (Fsp3) is 0.300. The maximum absolute atomic E-state index is 14.0. The number of anilines is 2. The summed E-state index contributed by atoms with van der Waals surface area (Å²) in [4.78, 5) is 13.6. The molecule has 0 spiro atoms. The molecule has 2 aromatic carbocycles. The van der Waals surface area contributed by atoms with Gasteiger partial charge in [-0.05, 0) is 25.1 Å². The van der Waals surface area contributed by atoms with Gasteiger partial charge in [0.2, 0.25) is 0 Å². The number of para-hydroxylation sites is 1. The maximum Gasteiger partial charge on any atom is 0.186 e. The number of halogens is 2. The lowest BCUT2D eigenvalue weighted by atomic mass is 10.3. The molecule has 0 bridgehead atoms. The number of rotatable bonds is 4. The minimum absolute atomic E-state index is 0.239. The Kier molecular flexibility index (Phi) is 4.71. The average molecular weight is 433 g/mol. The van der Waals surface area contributed by atoms with Gasteiger partial charge in [0, 0.05) is 32.2 Å². The predicted octanol–water partition coefficient (Wildman–Crippen LogP) is 4.91. The highest BCUT2D eigenvalue weighted by atomic mass is 32.1. The van der Waals surface area contributed by atoms with Crippen molar-refractivity contribution in [3.8, 4) is 5.75 Å². The molecule has 0 atom stereocenters. The Morgan fingerprint density at radius 3 is 2.28 bits per heavy atom. The summed E-state index contributed by atoms with van der Waals surface area (Å²) in [5, 5.41) is 1.70. The first-order valence-corrected chi connectivity index (χ1v) is 11.0. The molecule has 1 saturated heterocycles. The highest BCUT2D eigenvalue weighted by Gasteiger charge is 2.23. The predicted molar refractivity (Wildman–Crippen MR) is 115 cm³/mol. The molecule has 0 saturated carbocycles. The SMILES string of the molecule is CCOc1cccc2sc(N3CCN(c4nc5c(F)cc(F)cc5s4)CC3)nc12. The van der Waals surface area contributed by atoms with Crippen molar-refractivity contribution in [2.45, 2.75) is 6.92 Å². The summed E-state index contributed by atoms with van der Waals surface area (Å²) in [6.45, 7) is 5.65. The zero-order chi connectivity index (χ0) is 20.0. The molecule has 0 aliphatic carbocycles. The second-order valence-electron chi connectivity index (χ2n) is 6.74. The van der Waals surface area contributed by atoms with Crippen molar-refractivity contribution in [2.24, 2.45) is 0 Å². The Hall–Kier alpha value is -2.52. The van der Waals surface area contributed by atoms with Gasteiger partial charge in [0.25, 0.3) is 0 Å². The number of fused-ring (bicyclic) bond motifs is 2. The molecule has 5 nitrogen and oxygen atoms in total. The largest absolute Gasteiger partial charge is 0.492 e. The van der Waals surface area contributed by atoms with Crippen LogP contribution in [0.2, 0.25) is 0 Å². The number of aromatic nitrogens is 2. The molecule has 2 aromatic heterocycles. The Morgan fingerprint density at radius 2 is 1.59 bits per heavy atom. The quantitative estimate of drug-likeness (QED) is 0.458. The van der Waals surface area contributed by atoms with E-state index in [4.69, 9.17) is 9.72 Å². The van der Waals surface area contributed by atoms with E-state index in [1.807, 2.05) is 19.1 Å². The molecule has 29 heavy (non-hydrogen) atoms. The monoisotopic (exact) mass is 432 g/mol. The number of thiazole rings is 2. The molecule has 0 radical (unpaired) electrons. The van der Waals surface area contributed by atoms with Crippen LogP contribution in [0.4, 0.5) is 19.0 Å². The standard InChI is InChI=1S/C20H18F2N4OS2/c1-2-27-14-4-3-5-15-18(14)24-20(28-15)26-8-6-25(7-9-26)19-23-17-13(22)10-12(21)11-16(17)29-19/h3-5,10-11H,2,6-9H2,1H3. The summed E-state index contributed by atoms with van der Waals surface area (Å²) in [6.07, 6.45) is 0. The van der Waals surface area contributed by atoms with E-state index in [2.05, 4.69) is 20.9 Å². The summed E-state index contributed by atoms with van der Waals surface area (Å²) in [7, 11) is 0.